The number of Topliss-reactive ketones (excluding diaryl/α,β-unsaturated/α-hetero) is 1. The highest BCUT2D eigenvalue weighted by Crippen LogP contribution is 2.49. The molecule has 0 spiro atoms. The van der Waals surface area contributed by atoms with Gasteiger partial charge in [-0.25, -0.2) is 0 Å². The van der Waals surface area contributed by atoms with E-state index in [1.807, 2.05) is 18.2 Å². The maximum Gasteiger partial charge on any atom is 0.193 e. The van der Waals surface area contributed by atoms with E-state index in [2.05, 4.69) is 36.4 Å². The molecule has 0 amide bonds. The molecule has 37 heavy (non-hydrogen) atoms. The van der Waals surface area contributed by atoms with Gasteiger partial charge in [0.15, 0.2) is 5.78 Å². The van der Waals surface area contributed by atoms with Crippen LogP contribution >= 0.6 is 0 Å². The molecule has 0 aromatic heterocycles. The molecule has 1 N–H and O–H groups in total. The normalized spacial score (nSPS) is 17.7. The molecule has 0 aliphatic heterocycles. The van der Waals surface area contributed by atoms with E-state index in [0.717, 1.165) is 31.3 Å². The highest BCUT2D eigenvalue weighted by atomic mass is 16.3. The monoisotopic (exact) mass is 482 g/mol. The highest BCUT2D eigenvalue weighted by Gasteiger charge is 2.40. The first-order chi connectivity index (χ1) is 18.1. The summed E-state index contributed by atoms with van der Waals surface area (Å²) >= 11 is 0. The lowest BCUT2D eigenvalue weighted by atomic mass is 9.65. The van der Waals surface area contributed by atoms with Gasteiger partial charge >= 0.3 is 0 Å². The van der Waals surface area contributed by atoms with Crippen molar-refractivity contribution in [1.82, 2.24) is 0 Å². The van der Waals surface area contributed by atoms with Gasteiger partial charge in [0.2, 0.25) is 0 Å². The predicted molar refractivity (Wildman–Crippen MR) is 144 cm³/mol. The van der Waals surface area contributed by atoms with Crippen LogP contribution in [0.3, 0.4) is 0 Å². The first-order valence-electron chi connectivity index (χ1n) is 12.5. The molecule has 4 nitrogen and oxygen atoms in total. The zero-order valence-corrected chi connectivity index (χ0v) is 20.4. The predicted octanol–water partition coefficient (Wildman–Crippen LogP) is 7.35. The molecule has 4 heteroatoms. The largest absolute Gasteiger partial charge is 0.507 e. The number of ketones is 1. The molecular formula is C33H26N2O2. The van der Waals surface area contributed by atoms with E-state index in [0.29, 0.717) is 33.4 Å². The van der Waals surface area contributed by atoms with Gasteiger partial charge in [-0.05, 0) is 84.7 Å². The molecule has 0 heterocycles. The van der Waals surface area contributed by atoms with Gasteiger partial charge in [-0.1, -0.05) is 49.6 Å². The van der Waals surface area contributed by atoms with Gasteiger partial charge in [0, 0.05) is 27.7 Å². The van der Waals surface area contributed by atoms with Crippen LogP contribution in [0, 0.1) is 22.7 Å². The van der Waals surface area contributed by atoms with E-state index in [4.69, 9.17) is 10.5 Å². The minimum absolute atomic E-state index is 0.00626. The Morgan fingerprint density at radius 2 is 1.30 bits per heavy atom. The van der Waals surface area contributed by atoms with Crippen LogP contribution in [-0.2, 0) is 5.41 Å². The van der Waals surface area contributed by atoms with Crippen molar-refractivity contribution in [2.45, 2.75) is 37.5 Å². The van der Waals surface area contributed by atoms with E-state index in [1.165, 1.54) is 12.0 Å². The summed E-state index contributed by atoms with van der Waals surface area (Å²) in [5.74, 6) is -0.197. The second-order valence-corrected chi connectivity index (χ2v) is 9.64. The van der Waals surface area contributed by atoms with Gasteiger partial charge in [-0.15, -0.1) is 0 Å². The van der Waals surface area contributed by atoms with Crippen LogP contribution in [-0.4, -0.2) is 10.9 Å². The molecule has 1 fully saturated rings. The number of carbonyl (C=O) groups excluding carboxylic acids is 1. The Bertz CT molecular complexity index is 1500. The number of aliphatic hydroxyl groups excluding tert-OH is 1. The first-order valence-corrected chi connectivity index (χ1v) is 12.5. The van der Waals surface area contributed by atoms with Crippen LogP contribution in [0.1, 0.15) is 64.7 Å². The molecule has 0 unspecified atom stereocenters. The average Bonchev–Trinajstić information content (AvgIpc) is 3.43. The summed E-state index contributed by atoms with van der Waals surface area (Å²) in [7, 11) is 0. The van der Waals surface area contributed by atoms with Crippen LogP contribution in [0.15, 0.2) is 108 Å². The summed E-state index contributed by atoms with van der Waals surface area (Å²) in [4.78, 5) is 13.8. The van der Waals surface area contributed by atoms with Gasteiger partial charge in [0.05, 0.1) is 23.3 Å². The van der Waals surface area contributed by atoms with Crippen LogP contribution in [0.2, 0.25) is 0 Å². The Morgan fingerprint density at radius 1 is 0.730 bits per heavy atom. The Kier molecular flexibility index (Phi) is 6.59. The molecule has 3 aromatic carbocycles. The van der Waals surface area contributed by atoms with Crippen molar-refractivity contribution in [2.24, 2.45) is 0 Å². The number of benzene rings is 3. The summed E-state index contributed by atoms with van der Waals surface area (Å²) in [6.07, 6.45) is 9.25. The number of hydrogen-bond acceptors (Lipinski definition) is 4. The summed E-state index contributed by atoms with van der Waals surface area (Å²) in [6.45, 7) is 0. The van der Waals surface area contributed by atoms with Crippen molar-refractivity contribution in [3.8, 4) is 12.1 Å². The van der Waals surface area contributed by atoms with Crippen molar-refractivity contribution in [1.29, 1.82) is 10.5 Å². The second kappa shape index (κ2) is 10.1. The SMILES string of the molecule is N#Cc1ccc(C(=O)C2=CC(C3(c4ccccc4)CCCCC3)=C/C2=C(/O)c2ccc(C#N)cc2)cc1. The summed E-state index contributed by atoms with van der Waals surface area (Å²) in [5, 5.41) is 29.7. The second-order valence-electron chi connectivity index (χ2n) is 9.64. The third-order valence-electron chi connectivity index (χ3n) is 7.54. The van der Waals surface area contributed by atoms with Crippen molar-refractivity contribution < 1.29 is 9.90 Å². The lowest BCUT2D eigenvalue weighted by Crippen LogP contribution is -2.30. The molecular weight excluding hydrogens is 456 g/mol. The fourth-order valence-electron chi connectivity index (χ4n) is 5.53. The molecule has 0 bridgehead atoms. The molecule has 0 saturated heterocycles. The van der Waals surface area contributed by atoms with Crippen LogP contribution in [0.5, 0.6) is 0 Å². The Morgan fingerprint density at radius 3 is 1.86 bits per heavy atom. The zero-order valence-electron chi connectivity index (χ0n) is 20.4. The van der Waals surface area contributed by atoms with Gasteiger partial charge < -0.3 is 5.11 Å². The van der Waals surface area contributed by atoms with E-state index in [1.54, 1.807) is 48.5 Å². The number of nitriles is 2. The lowest BCUT2D eigenvalue weighted by Gasteiger charge is -2.39. The number of rotatable bonds is 5. The topological polar surface area (TPSA) is 84.9 Å². The van der Waals surface area contributed by atoms with Gasteiger partial charge in [-0.3, -0.25) is 4.79 Å². The number of carbonyl (C=O) groups is 1. The standard InChI is InChI=1S/C33H26N2O2/c34-21-23-9-13-25(14-10-23)31(36)29-19-28(20-30(29)32(37)26-15-11-24(22-35)12-16-26)33(17-5-2-6-18-33)27-7-3-1-4-8-27/h1,3-4,7-16,19-20,36H,2,5-6,17-18H2/b31-29-. The van der Waals surface area contributed by atoms with Gasteiger partial charge in [-0.2, -0.15) is 10.5 Å². The van der Waals surface area contributed by atoms with Crippen LogP contribution in [0.25, 0.3) is 5.76 Å². The van der Waals surface area contributed by atoms with E-state index < -0.39 is 0 Å². The van der Waals surface area contributed by atoms with Crippen molar-refractivity contribution in [3.05, 3.63) is 136 Å². The molecule has 0 atom stereocenters. The summed E-state index contributed by atoms with van der Waals surface area (Å²) < 4.78 is 0. The number of nitrogens with zero attached hydrogens (tertiary/aromatic N) is 2. The lowest BCUT2D eigenvalue weighted by molar-refractivity contribution is 0.103. The highest BCUT2D eigenvalue weighted by molar-refractivity contribution is 6.14. The van der Waals surface area contributed by atoms with Crippen molar-refractivity contribution in [3.63, 3.8) is 0 Å². The molecule has 5 rings (SSSR count). The minimum Gasteiger partial charge on any atom is -0.507 e. The molecule has 180 valence electrons. The third-order valence-corrected chi connectivity index (χ3v) is 7.54. The van der Waals surface area contributed by atoms with E-state index in [9.17, 15) is 9.90 Å². The molecule has 0 radical (unpaired) electrons. The zero-order chi connectivity index (χ0) is 25.8. The number of hydrogen-bond donors (Lipinski definition) is 1. The first kappa shape index (κ1) is 24.0. The van der Waals surface area contributed by atoms with Crippen molar-refractivity contribution in [2.75, 3.05) is 0 Å². The average molecular weight is 483 g/mol. The Hall–Kier alpha value is -4.67. The van der Waals surface area contributed by atoms with Gasteiger partial charge in [0.1, 0.15) is 5.76 Å². The third kappa shape index (κ3) is 4.51. The quantitative estimate of drug-likeness (QED) is 0.304. The Labute approximate surface area is 217 Å². The van der Waals surface area contributed by atoms with E-state index >= 15 is 0 Å². The summed E-state index contributed by atoms with van der Waals surface area (Å²) in [6, 6.07) is 27.9. The smallest absolute Gasteiger partial charge is 0.193 e. The number of aliphatic hydroxyl groups is 1. The van der Waals surface area contributed by atoms with Crippen LogP contribution < -0.4 is 0 Å². The maximum absolute atomic E-state index is 13.8. The minimum atomic E-state index is -0.234. The van der Waals surface area contributed by atoms with E-state index in [-0.39, 0.29) is 17.0 Å². The van der Waals surface area contributed by atoms with Crippen molar-refractivity contribution >= 4 is 11.5 Å². The van der Waals surface area contributed by atoms with Gasteiger partial charge in [0.25, 0.3) is 0 Å². The molecule has 1 saturated carbocycles. The molecule has 2 aliphatic rings. The molecule has 2 aliphatic carbocycles. The fraction of sp³-hybridized carbons (Fsp3) is 0.182. The summed E-state index contributed by atoms with van der Waals surface area (Å²) in [5.41, 5.74) is 4.92. The fourth-order valence-corrected chi connectivity index (χ4v) is 5.53. The van der Waals surface area contributed by atoms with Crippen LogP contribution in [0.4, 0.5) is 0 Å². The molecule has 3 aromatic rings. The Balaban J connectivity index is 1.67. The number of allylic oxidation sites excluding steroid dienone is 5. The maximum atomic E-state index is 13.8.